The number of para-hydroxylation sites is 1. The molecule has 138 valence electrons. The molecule has 2 heterocycles. The van der Waals surface area contributed by atoms with Gasteiger partial charge in [-0.05, 0) is 42.0 Å². The van der Waals surface area contributed by atoms with Crippen LogP contribution in [0.1, 0.15) is 5.56 Å². The molecule has 0 spiro atoms. The van der Waals surface area contributed by atoms with E-state index in [1.165, 1.54) is 12.1 Å². The van der Waals surface area contributed by atoms with Gasteiger partial charge < -0.3 is 9.80 Å². The molecule has 1 aromatic heterocycles. The third-order valence-corrected chi connectivity index (χ3v) is 4.84. The molecule has 1 amide bonds. The van der Waals surface area contributed by atoms with Crippen molar-refractivity contribution in [2.45, 2.75) is 6.42 Å². The Morgan fingerprint density at radius 1 is 0.926 bits per heavy atom. The van der Waals surface area contributed by atoms with Gasteiger partial charge in [-0.3, -0.25) is 4.79 Å². The van der Waals surface area contributed by atoms with E-state index in [4.69, 9.17) is 0 Å². The number of piperazine rings is 1. The molecule has 1 fully saturated rings. The first-order valence-electron chi connectivity index (χ1n) is 9.06. The number of carbonyl (C=O) groups is 1. The summed E-state index contributed by atoms with van der Waals surface area (Å²) in [5.74, 6) is -0.120. The summed E-state index contributed by atoms with van der Waals surface area (Å²) < 4.78 is 14.8. The van der Waals surface area contributed by atoms with Gasteiger partial charge in [-0.25, -0.2) is 9.07 Å². The number of nitrogens with zero attached hydrogens (tertiary/aromatic N) is 4. The first-order valence-corrected chi connectivity index (χ1v) is 9.06. The summed E-state index contributed by atoms with van der Waals surface area (Å²) in [6.07, 6.45) is 4.01. The van der Waals surface area contributed by atoms with Crippen molar-refractivity contribution < 1.29 is 9.18 Å². The van der Waals surface area contributed by atoms with Crippen molar-refractivity contribution in [2.24, 2.45) is 0 Å². The maximum Gasteiger partial charge on any atom is 0.227 e. The summed E-state index contributed by atoms with van der Waals surface area (Å²) in [6.45, 7) is 2.84. The minimum Gasteiger partial charge on any atom is -0.368 e. The third-order valence-electron chi connectivity index (χ3n) is 4.84. The zero-order chi connectivity index (χ0) is 18.6. The molecular formula is C21H21FN4O. The molecular weight excluding hydrogens is 343 g/mol. The molecule has 4 rings (SSSR count). The van der Waals surface area contributed by atoms with E-state index < -0.39 is 0 Å². The maximum absolute atomic E-state index is 13.1. The van der Waals surface area contributed by atoms with E-state index in [0.717, 1.165) is 30.0 Å². The highest BCUT2D eigenvalue weighted by Crippen LogP contribution is 2.17. The van der Waals surface area contributed by atoms with Crippen molar-refractivity contribution in [3.05, 3.63) is 78.4 Å². The van der Waals surface area contributed by atoms with Gasteiger partial charge in [0.15, 0.2) is 0 Å². The predicted molar refractivity (Wildman–Crippen MR) is 102 cm³/mol. The zero-order valence-electron chi connectivity index (χ0n) is 15.0. The van der Waals surface area contributed by atoms with Crippen molar-refractivity contribution in [2.75, 3.05) is 31.1 Å². The first kappa shape index (κ1) is 17.3. The number of anilines is 1. The Kier molecular flexibility index (Phi) is 4.87. The molecule has 2 aromatic carbocycles. The van der Waals surface area contributed by atoms with Gasteiger partial charge in [-0.15, -0.1) is 0 Å². The Labute approximate surface area is 157 Å². The SMILES string of the molecule is O=C(Cc1cnn(-c2ccccc2)c1)N1CCN(c2ccc(F)cc2)CC1. The largest absolute Gasteiger partial charge is 0.368 e. The van der Waals surface area contributed by atoms with Crippen molar-refractivity contribution in [3.63, 3.8) is 0 Å². The molecule has 1 saturated heterocycles. The van der Waals surface area contributed by atoms with Gasteiger partial charge in [-0.1, -0.05) is 18.2 Å². The molecule has 27 heavy (non-hydrogen) atoms. The summed E-state index contributed by atoms with van der Waals surface area (Å²) in [6, 6.07) is 16.3. The van der Waals surface area contributed by atoms with Gasteiger partial charge in [0.05, 0.1) is 18.3 Å². The Hall–Kier alpha value is -3.15. The summed E-state index contributed by atoms with van der Waals surface area (Å²) in [5, 5.41) is 4.35. The van der Waals surface area contributed by atoms with E-state index in [9.17, 15) is 9.18 Å². The first-order chi connectivity index (χ1) is 13.2. The Balaban J connectivity index is 1.33. The minimum absolute atomic E-state index is 0.112. The van der Waals surface area contributed by atoms with Crippen molar-refractivity contribution in [1.82, 2.24) is 14.7 Å². The lowest BCUT2D eigenvalue weighted by Gasteiger charge is -2.36. The summed E-state index contributed by atoms with van der Waals surface area (Å²) in [5.41, 5.74) is 2.88. The molecule has 0 atom stereocenters. The highest BCUT2D eigenvalue weighted by atomic mass is 19.1. The molecule has 0 bridgehead atoms. The van der Waals surface area contributed by atoms with Crippen LogP contribution in [0.5, 0.6) is 0 Å². The zero-order valence-corrected chi connectivity index (χ0v) is 15.0. The number of halogens is 1. The Bertz CT molecular complexity index is 899. The van der Waals surface area contributed by atoms with E-state index in [1.54, 1.807) is 23.0 Å². The van der Waals surface area contributed by atoms with E-state index in [-0.39, 0.29) is 11.7 Å². The second-order valence-electron chi connectivity index (χ2n) is 6.65. The van der Waals surface area contributed by atoms with Crippen molar-refractivity contribution in [1.29, 1.82) is 0 Å². The fraction of sp³-hybridized carbons (Fsp3) is 0.238. The predicted octanol–water partition coefficient (Wildman–Crippen LogP) is 2.90. The van der Waals surface area contributed by atoms with Crippen LogP contribution < -0.4 is 4.90 Å². The van der Waals surface area contributed by atoms with Crippen LogP contribution in [0.15, 0.2) is 67.0 Å². The molecule has 3 aromatic rings. The number of benzene rings is 2. The van der Waals surface area contributed by atoms with Gasteiger partial charge >= 0.3 is 0 Å². The van der Waals surface area contributed by atoms with Crippen LogP contribution in [0, 0.1) is 5.82 Å². The molecule has 0 saturated carbocycles. The smallest absolute Gasteiger partial charge is 0.227 e. The standard InChI is InChI=1S/C21H21FN4O/c22-18-6-8-19(9-7-18)24-10-12-25(13-11-24)21(27)14-17-15-23-26(16-17)20-4-2-1-3-5-20/h1-9,15-16H,10-14H2. The van der Waals surface area contributed by atoms with Crippen LogP contribution in [-0.4, -0.2) is 46.8 Å². The van der Waals surface area contributed by atoms with E-state index in [0.29, 0.717) is 19.5 Å². The number of aromatic nitrogens is 2. The van der Waals surface area contributed by atoms with Crippen LogP contribution in [0.2, 0.25) is 0 Å². The van der Waals surface area contributed by atoms with Crippen LogP contribution >= 0.6 is 0 Å². The highest BCUT2D eigenvalue weighted by Gasteiger charge is 2.21. The topological polar surface area (TPSA) is 41.4 Å². The fourth-order valence-electron chi connectivity index (χ4n) is 3.33. The second kappa shape index (κ2) is 7.61. The van der Waals surface area contributed by atoms with Gasteiger partial charge in [-0.2, -0.15) is 5.10 Å². The lowest BCUT2D eigenvalue weighted by Crippen LogP contribution is -2.49. The molecule has 6 heteroatoms. The van der Waals surface area contributed by atoms with Crippen LogP contribution in [0.3, 0.4) is 0 Å². The van der Waals surface area contributed by atoms with Crippen LogP contribution in [0.25, 0.3) is 5.69 Å². The molecule has 5 nitrogen and oxygen atoms in total. The molecule has 0 unspecified atom stereocenters. The highest BCUT2D eigenvalue weighted by molar-refractivity contribution is 5.79. The Morgan fingerprint density at radius 2 is 1.63 bits per heavy atom. The van der Waals surface area contributed by atoms with E-state index >= 15 is 0 Å². The average Bonchev–Trinajstić information content (AvgIpc) is 3.18. The van der Waals surface area contributed by atoms with E-state index in [2.05, 4.69) is 10.00 Å². The summed E-state index contributed by atoms with van der Waals surface area (Å²) in [4.78, 5) is 16.7. The number of hydrogen-bond donors (Lipinski definition) is 0. The molecule has 0 radical (unpaired) electrons. The van der Waals surface area contributed by atoms with Gasteiger partial charge in [0.1, 0.15) is 5.82 Å². The van der Waals surface area contributed by atoms with Crippen molar-refractivity contribution >= 4 is 11.6 Å². The van der Waals surface area contributed by atoms with Crippen LogP contribution in [0.4, 0.5) is 10.1 Å². The number of hydrogen-bond acceptors (Lipinski definition) is 3. The lowest BCUT2D eigenvalue weighted by atomic mass is 10.2. The quantitative estimate of drug-likeness (QED) is 0.715. The van der Waals surface area contributed by atoms with Crippen molar-refractivity contribution in [3.8, 4) is 5.69 Å². The van der Waals surface area contributed by atoms with Crippen LogP contribution in [-0.2, 0) is 11.2 Å². The molecule has 1 aliphatic rings. The molecule has 0 N–H and O–H groups in total. The summed E-state index contributed by atoms with van der Waals surface area (Å²) >= 11 is 0. The number of carbonyl (C=O) groups excluding carboxylic acids is 1. The lowest BCUT2D eigenvalue weighted by molar-refractivity contribution is -0.130. The normalized spacial score (nSPS) is 14.4. The monoisotopic (exact) mass is 364 g/mol. The van der Waals surface area contributed by atoms with E-state index in [1.807, 2.05) is 41.4 Å². The van der Waals surface area contributed by atoms with Gasteiger partial charge in [0, 0.05) is 38.1 Å². The average molecular weight is 364 g/mol. The third kappa shape index (κ3) is 4.00. The molecule has 1 aliphatic heterocycles. The Morgan fingerprint density at radius 3 is 2.33 bits per heavy atom. The maximum atomic E-state index is 13.1. The van der Waals surface area contributed by atoms with Gasteiger partial charge in [0.25, 0.3) is 0 Å². The second-order valence-corrected chi connectivity index (χ2v) is 6.65. The molecule has 0 aliphatic carbocycles. The van der Waals surface area contributed by atoms with Gasteiger partial charge in [0.2, 0.25) is 5.91 Å². The fourth-order valence-corrected chi connectivity index (χ4v) is 3.33. The minimum atomic E-state index is -0.233. The summed E-state index contributed by atoms with van der Waals surface area (Å²) in [7, 11) is 0. The number of amides is 1. The number of rotatable bonds is 4.